The van der Waals surface area contributed by atoms with Gasteiger partial charge in [0.2, 0.25) is 5.60 Å². The molecule has 1 aliphatic carbocycles. The number of halogens is 1. The van der Waals surface area contributed by atoms with E-state index in [1.54, 1.807) is 24.3 Å². The van der Waals surface area contributed by atoms with Crippen LogP contribution in [0.2, 0.25) is 0 Å². The third-order valence-corrected chi connectivity index (χ3v) is 4.81. The molecule has 1 amide bonds. The summed E-state index contributed by atoms with van der Waals surface area (Å²) in [6.45, 7) is 0. The first-order valence-electron chi connectivity index (χ1n) is 8.93. The molecule has 2 aromatic carbocycles. The maximum Gasteiger partial charge on any atom is 0.409 e. The number of hydrogen-bond donors (Lipinski definition) is 1. The molecule has 3 rings (SSSR count). The second-order valence-electron chi connectivity index (χ2n) is 6.57. The Labute approximate surface area is 153 Å². The normalized spacial score (nSPS) is 16.9. The van der Waals surface area contributed by atoms with Gasteiger partial charge in [-0.15, -0.1) is 6.42 Å². The lowest BCUT2D eigenvalue weighted by atomic mass is 9.87. The van der Waals surface area contributed by atoms with Gasteiger partial charge >= 0.3 is 6.09 Å². The van der Waals surface area contributed by atoms with Gasteiger partial charge in [0, 0.05) is 17.2 Å². The molecule has 3 nitrogen and oxygen atoms in total. The van der Waals surface area contributed by atoms with Crippen LogP contribution in [0.25, 0.3) is 0 Å². The molecular formula is C22H22FNO2. The zero-order valence-electron chi connectivity index (χ0n) is 14.6. The molecule has 0 bridgehead atoms. The molecule has 26 heavy (non-hydrogen) atoms. The predicted octanol–water partition coefficient (Wildman–Crippen LogP) is 4.76. The molecule has 1 saturated carbocycles. The summed E-state index contributed by atoms with van der Waals surface area (Å²) < 4.78 is 19.2. The molecular weight excluding hydrogens is 329 g/mol. The van der Waals surface area contributed by atoms with E-state index >= 15 is 0 Å². The maximum atomic E-state index is 13.4. The summed E-state index contributed by atoms with van der Waals surface area (Å²) in [6, 6.07) is 15.0. The van der Waals surface area contributed by atoms with Crippen LogP contribution < -0.4 is 5.32 Å². The largest absolute Gasteiger partial charge is 0.421 e. The van der Waals surface area contributed by atoms with Crippen LogP contribution in [-0.4, -0.2) is 12.1 Å². The standard InChI is InChI=1S/C22H22FNO2/c1-2-22(17-9-5-3-6-10-17,18-13-15-19(23)16-14-18)26-21(25)24-20-11-7-4-8-12-20/h1,3,5-6,9-10,13-16,20H,4,7-8,11-12H2,(H,24,25). The van der Waals surface area contributed by atoms with E-state index in [4.69, 9.17) is 11.2 Å². The number of carbonyl (C=O) groups is 1. The van der Waals surface area contributed by atoms with Gasteiger partial charge in [0.25, 0.3) is 0 Å². The smallest absolute Gasteiger partial charge is 0.409 e. The Kier molecular flexibility index (Phi) is 5.58. The van der Waals surface area contributed by atoms with Crippen molar-refractivity contribution in [2.75, 3.05) is 0 Å². The summed E-state index contributed by atoms with van der Waals surface area (Å²) in [6.07, 6.45) is 10.6. The van der Waals surface area contributed by atoms with Gasteiger partial charge in [-0.25, -0.2) is 9.18 Å². The monoisotopic (exact) mass is 351 g/mol. The van der Waals surface area contributed by atoms with Crippen LogP contribution in [-0.2, 0) is 10.3 Å². The van der Waals surface area contributed by atoms with E-state index in [1.165, 1.54) is 18.6 Å². The Morgan fingerprint density at radius 2 is 1.65 bits per heavy atom. The highest BCUT2D eigenvalue weighted by Gasteiger charge is 2.37. The molecule has 0 heterocycles. The molecule has 1 aliphatic rings. The average molecular weight is 351 g/mol. The SMILES string of the molecule is C#CC(OC(=O)NC1CCCCC1)(c1ccccc1)c1ccc(F)cc1. The summed E-state index contributed by atoms with van der Waals surface area (Å²) in [7, 11) is 0. The number of amides is 1. The van der Waals surface area contributed by atoms with Gasteiger partial charge in [-0.2, -0.15) is 0 Å². The minimum absolute atomic E-state index is 0.107. The van der Waals surface area contributed by atoms with Crippen molar-refractivity contribution in [1.29, 1.82) is 0 Å². The van der Waals surface area contributed by atoms with Crippen molar-refractivity contribution in [3.8, 4) is 12.3 Å². The van der Waals surface area contributed by atoms with Crippen LogP contribution in [0.3, 0.4) is 0 Å². The van der Waals surface area contributed by atoms with Gasteiger partial charge in [0.15, 0.2) is 0 Å². The predicted molar refractivity (Wildman–Crippen MR) is 98.9 cm³/mol. The highest BCUT2D eigenvalue weighted by Crippen LogP contribution is 2.33. The summed E-state index contributed by atoms with van der Waals surface area (Å²) in [5, 5.41) is 2.93. The summed E-state index contributed by atoms with van der Waals surface area (Å²) in [4.78, 5) is 12.6. The van der Waals surface area contributed by atoms with Crippen molar-refractivity contribution >= 4 is 6.09 Å². The van der Waals surface area contributed by atoms with E-state index in [2.05, 4.69) is 11.2 Å². The van der Waals surface area contributed by atoms with Crippen LogP contribution in [0.5, 0.6) is 0 Å². The molecule has 4 heteroatoms. The zero-order chi connectivity index (χ0) is 18.4. The van der Waals surface area contributed by atoms with Crippen molar-refractivity contribution in [3.05, 3.63) is 71.5 Å². The molecule has 2 aromatic rings. The van der Waals surface area contributed by atoms with Gasteiger partial charge in [-0.3, -0.25) is 0 Å². The number of ether oxygens (including phenoxy) is 1. The van der Waals surface area contributed by atoms with Crippen molar-refractivity contribution in [3.63, 3.8) is 0 Å². The number of rotatable bonds is 4. The Balaban J connectivity index is 1.91. The number of nitrogens with one attached hydrogen (secondary N) is 1. The summed E-state index contributed by atoms with van der Waals surface area (Å²) in [5.41, 5.74) is -0.229. The highest BCUT2D eigenvalue weighted by molar-refractivity contribution is 5.70. The lowest BCUT2D eigenvalue weighted by molar-refractivity contribution is 0.0739. The number of carbonyl (C=O) groups excluding carboxylic acids is 1. The minimum Gasteiger partial charge on any atom is -0.421 e. The Hall–Kier alpha value is -2.80. The number of alkyl carbamates (subject to hydrolysis) is 1. The lowest BCUT2D eigenvalue weighted by Gasteiger charge is -2.31. The molecule has 1 unspecified atom stereocenters. The molecule has 0 aliphatic heterocycles. The molecule has 0 spiro atoms. The van der Waals surface area contributed by atoms with Crippen LogP contribution >= 0.6 is 0 Å². The topological polar surface area (TPSA) is 38.3 Å². The fraction of sp³-hybridized carbons (Fsp3) is 0.318. The van der Waals surface area contributed by atoms with Gasteiger partial charge in [-0.1, -0.05) is 61.7 Å². The quantitative estimate of drug-likeness (QED) is 0.807. The highest BCUT2D eigenvalue weighted by atomic mass is 19.1. The Morgan fingerprint density at radius 3 is 2.27 bits per heavy atom. The molecule has 1 fully saturated rings. The van der Waals surface area contributed by atoms with E-state index in [0.29, 0.717) is 11.1 Å². The zero-order valence-corrected chi connectivity index (χ0v) is 14.6. The number of terminal acetylenes is 1. The van der Waals surface area contributed by atoms with Gasteiger partial charge in [0.05, 0.1) is 0 Å². The van der Waals surface area contributed by atoms with Crippen LogP contribution in [0.15, 0.2) is 54.6 Å². The molecule has 0 aromatic heterocycles. The van der Waals surface area contributed by atoms with E-state index in [1.807, 2.05) is 18.2 Å². The van der Waals surface area contributed by atoms with Crippen molar-refractivity contribution in [2.24, 2.45) is 0 Å². The third-order valence-electron chi connectivity index (χ3n) is 4.81. The van der Waals surface area contributed by atoms with Crippen LogP contribution in [0.4, 0.5) is 9.18 Å². The van der Waals surface area contributed by atoms with Crippen molar-refractivity contribution in [1.82, 2.24) is 5.32 Å². The third kappa shape index (κ3) is 3.88. The van der Waals surface area contributed by atoms with Gasteiger partial charge in [-0.05, 0) is 30.9 Å². The minimum atomic E-state index is -1.41. The first-order valence-corrected chi connectivity index (χ1v) is 8.93. The lowest BCUT2D eigenvalue weighted by Crippen LogP contribution is -2.42. The number of hydrogen-bond acceptors (Lipinski definition) is 2. The van der Waals surface area contributed by atoms with E-state index in [0.717, 1.165) is 25.7 Å². The van der Waals surface area contributed by atoms with E-state index in [-0.39, 0.29) is 11.9 Å². The fourth-order valence-corrected chi connectivity index (χ4v) is 3.42. The van der Waals surface area contributed by atoms with Crippen molar-refractivity contribution < 1.29 is 13.9 Å². The molecule has 0 radical (unpaired) electrons. The second kappa shape index (κ2) is 8.05. The first kappa shape index (κ1) is 18.0. The fourth-order valence-electron chi connectivity index (χ4n) is 3.42. The van der Waals surface area contributed by atoms with Crippen molar-refractivity contribution in [2.45, 2.75) is 43.7 Å². The summed E-state index contributed by atoms with van der Waals surface area (Å²) in [5.74, 6) is 2.25. The molecule has 134 valence electrons. The Morgan fingerprint density at radius 1 is 1.04 bits per heavy atom. The number of benzene rings is 2. The molecule has 1 N–H and O–H groups in total. The van der Waals surface area contributed by atoms with E-state index in [9.17, 15) is 9.18 Å². The van der Waals surface area contributed by atoms with Gasteiger partial charge in [0.1, 0.15) is 5.82 Å². The summed E-state index contributed by atoms with van der Waals surface area (Å²) >= 11 is 0. The maximum absolute atomic E-state index is 13.4. The average Bonchev–Trinajstić information content (AvgIpc) is 2.68. The molecule has 0 saturated heterocycles. The van der Waals surface area contributed by atoms with E-state index < -0.39 is 11.7 Å². The van der Waals surface area contributed by atoms with Crippen LogP contribution in [0, 0.1) is 18.2 Å². The first-order chi connectivity index (χ1) is 12.6. The van der Waals surface area contributed by atoms with Gasteiger partial charge < -0.3 is 10.1 Å². The van der Waals surface area contributed by atoms with Crippen LogP contribution in [0.1, 0.15) is 43.2 Å². The molecule has 1 atom stereocenters. The second-order valence-corrected chi connectivity index (χ2v) is 6.57. The Bertz CT molecular complexity index is 776.